The monoisotopic (exact) mass is 535 g/mol. The molecule has 2 rings (SSSR count). The molecule has 0 aliphatic carbocycles. The number of methoxy groups -OCH3 is 3. The molecule has 0 saturated carbocycles. The molecule has 2 atom stereocenters. The SMILES string of the molecule is CCC(C)NC(=O)C(C)N(Cc1ccc(OC)cc1)C(=O)CN(c1ccc(OC)c(OC)c1)S(C)(=O)=O. The maximum absolute atomic E-state index is 13.6. The van der Waals surface area contributed by atoms with Crippen LogP contribution in [0.2, 0.25) is 0 Å². The fourth-order valence-corrected chi connectivity index (χ4v) is 4.41. The second kappa shape index (κ2) is 13.2. The summed E-state index contributed by atoms with van der Waals surface area (Å²) in [4.78, 5) is 28.0. The third-order valence-electron chi connectivity index (χ3n) is 6.01. The average Bonchev–Trinajstić information content (AvgIpc) is 2.88. The van der Waals surface area contributed by atoms with Crippen molar-refractivity contribution in [3.05, 3.63) is 48.0 Å². The molecule has 37 heavy (non-hydrogen) atoms. The Labute approximate surface area is 219 Å². The molecule has 0 bridgehead atoms. The zero-order valence-electron chi connectivity index (χ0n) is 22.5. The predicted octanol–water partition coefficient (Wildman–Crippen LogP) is 2.81. The van der Waals surface area contributed by atoms with Crippen LogP contribution >= 0.6 is 0 Å². The summed E-state index contributed by atoms with van der Waals surface area (Å²) >= 11 is 0. The van der Waals surface area contributed by atoms with E-state index in [1.54, 1.807) is 44.4 Å². The molecule has 2 aromatic carbocycles. The highest BCUT2D eigenvalue weighted by Crippen LogP contribution is 2.32. The Morgan fingerprint density at radius 1 is 0.946 bits per heavy atom. The zero-order chi connectivity index (χ0) is 27.8. The largest absolute Gasteiger partial charge is 0.497 e. The number of rotatable bonds is 13. The third-order valence-corrected chi connectivity index (χ3v) is 7.16. The van der Waals surface area contributed by atoms with Crippen LogP contribution in [0.25, 0.3) is 0 Å². The molecule has 0 radical (unpaired) electrons. The minimum Gasteiger partial charge on any atom is -0.497 e. The average molecular weight is 536 g/mol. The van der Waals surface area contributed by atoms with E-state index in [0.717, 1.165) is 22.5 Å². The molecule has 2 unspecified atom stereocenters. The lowest BCUT2D eigenvalue weighted by atomic mass is 10.1. The van der Waals surface area contributed by atoms with Gasteiger partial charge in [-0.05, 0) is 50.1 Å². The molecular weight excluding hydrogens is 498 g/mol. The molecule has 11 heteroatoms. The van der Waals surface area contributed by atoms with Gasteiger partial charge in [0, 0.05) is 18.7 Å². The van der Waals surface area contributed by atoms with Crippen molar-refractivity contribution in [3.63, 3.8) is 0 Å². The first-order valence-corrected chi connectivity index (χ1v) is 13.7. The van der Waals surface area contributed by atoms with Gasteiger partial charge in [-0.25, -0.2) is 8.42 Å². The maximum atomic E-state index is 13.6. The standard InChI is InChI=1S/C26H37N3O7S/c1-8-18(2)27-26(31)19(3)28(16-20-9-12-22(34-4)13-10-20)25(30)17-29(37(7,32)33)21-11-14-23(35-5)24(15-21)36-6/h9-15,18-19H,8,16-17H2,1-7H3,(H,27,31). The van der Waals surface area contributed by atoms with Gasteiger partial charge in [0.25, 0.3) is 0 Å². The topological polar surface area (TPSA) is 114 Å². The van der Waals surface area contributed by atoms with Crippen molar-refractivity contribution in [2.75, 3.05) is 38.4 Å². The van der Waals surface area contributed by atoms with Gasteiger partial charge >= 0.3 is 0 Å². The van der Waals surface area contributed by atoms with Gasteiger partial charge in [0.1, 0.15) is 18.3 Å². The Bertz CT molecular complexity index is 1170. The van der Waals surface area contributed by atoms with Gasteiger partial charge in [-0.3, -0.25) is 13.9 Å². The van der Waals surface area contributed by atoms with Crippen LogP contribution in [0.3, 0.4) is 0 Å². The van der Waals surface area contributed by atoms with Gasteiger partial charge in [-0.1, -0.05) is 19.1 Å². The third kappa shape index (κ3) is 8.01. The molecule has 0 fully saturated rings. The van der Waals surface area contributed by atoms with Crippen molar-refractivity contribution in [1.82, 2.24) is 10.2 Å². The van der Waals surface area contributed by atoms with Gasteiger partial charge in [-0.2, -0.15) is 0 Å². The van der Waals surface area contributed by atoms with E-state index in [2.05, 4.69) is 5.32 Å². The zero-order valence-corrected chi connectivity index (χ0v) is 23.3. The summed E-state index contributed by atoms with van der Waals surface area (Å²) < 4.78 is 42.2. The van der Waals surface area contributed by atoms with Crippen LogP contribution in [0, 0.1) is 0 Å². The Morgan fingerprint density at radius 3 is 2.08 bits per heavy atom. The Morgan fingerprint density at radius 2 is 1.57 bits per heavy atom. The normalized spacial score (nSPS) is 12.7. The molecule has 0 aliphatic heterocycles. The summed E-state index contributed by atoms with van der Waals surface area (Å²) in [6.45, 7) is 5.04. The van der Waals surface area contributed by atoms with Crippen LogP contribution in [0.1, 0.15) is 32.8 Å². The molecule has 0 heterocycles. The highest BCUT2D eigenvalue weighted by Gasteiger charge is 2.30. The Kier molecular flexibility index (Phi) is 10.6. The highest BCUT2D eigenvalue weighted by molar-refractivity contribution is 7.92. The van der Waals surface area contributed by atoms with Crippen LogP contribution in [0.5, 0.6) is 17.2 Å². The van der Waals surface area contributed by atoms with E-state index in [-0.39, 0.29) is 24.2 Å². The lowest BCUT2D eigenvalue weighted by Crippen LogP contribution is -2.52. The Hall–Kier alpha value is -3.47. The van der Waals surface area contributed by atoms with E-state index >= 15 is 0 Å². The number of benzene rings is 2. The second-order valence-electron chi connectivity index (χ2n) is 8.67. The summed E-state index contributed by atoms with van der Waals surface area (Å²) in [5.74, 6) is 0.525. The van der Waals surface area contributed by atoms with E-state index in [4.69, 9.17) is 14.2 Å². The van der Waals surface area contributed by atoms with Crippen molar-refractivity contribution in [2.24, 2.45) is 0 Å². The fourth-order valence-electron chi connectivity index (χ4n) is 3.57. The molecule has 0 aliphatic rings. The summed E-state index contributed by atoms with van der Waals surface area (Å²) in [6, 6.07) is 10.8. The van der Waals surface area contributed by atoms with Gasteiger partial charge in [0.05, 0.1) is 33.3 Å². The van der Waals surface area contributed by atoms with Gasteiger partial charge in [-0.15, -0.1) is 0 Å². The van der Waals surface area contributed by atoms with Gasteiger partial charge in [0.15, 0.2) is 11.5 Å². The number of anilines is 1. The minimum atomic E-state index is -3.87. The quantitative estimate of drug-likeness (QED) is 0.419. The first-order valence-electron chi connectivity index (χ1n) is 11.9. The maximum Gasteiger partial charge on any atom is 0.244 e. The van der Waals surface area contributed by atoms with Crippen LogP contribution in [-0.2, 0) is 26.2 Å². The van der Waals surface area contributed by atoms with Crippen molar-refractivity contribution in [1.29, 1.82) is 0 Å². The smallest absolute Gasteiger partial charge is 0.244 e. The number of sulfonamides is 1. The summed E-state index contributed by atoms with van der Waals surface area (Å²) in [7, 11) is 0.593. The first kappa shape index (κ1) is 29.8. The van der Waals surface area contributed by atoms with E-state index in [9.17, 15) is 18.0 Å². The minimum absolute atomic E-state index is 0.0767. The summed E-state index contributed by atoms with van der Waals surface area (Å²) in [5, 5.41) is 2.90. The molecule has 1 N–H and O–H groups in total. The molecule has 0 saturated heterocycles. The number of nitrogens with one attached hydrogen (secondary N) is 1. The van der Waals surface area contributed by atoms with Crippen LogP contribution in [0.15, 0.2) is 42.5 Å². The lowest BCUT2D eigenvalue weighted by Gasteiger charge is -2.32. The van der Waals surface area contributed by atoms with E-state index < -0.39 is 28.5 Å². The van der Waals surface area contributed by atoms with Crippen LogP contribution in [0.4, 0.5) is 5.69 Å². The summed E-state index contributed by atoms with van der Waals surface area (Å²) in [5.41, 5.74) is 0.990. The highest BCUT2D eigenvalue weighted by atomic mass is 32.2. The van der Waals surface area contributed by atoms with Crippen molar-refractivity contribution in [3.8, 4) is 17.2 Å². The summed E-state index contributed by atoms with van der Waals surface area (Å²) in [6.07, 6.45) is 1.75. The van der Waals surface area contributed by atoms with Gasteiger partial charge in [0.2, 0.25) is 21.8 Å². The van der Waals surface area contributed by atoms with Crippen molar-refractivity contribution in [2.45, 2.75) is 45.8 Å². The van der Waals surface area contributed by atoms with Crippen molar-refractivity contribution < 1.29 is 32.2 Å². The second-order valence-corrected chi connectivity index (χ2v) is 10.6. The van der Waals surface area contributed by atoms with Crippen molar-refractivity contribution >= 4 is 27.5 Å². The number of hydrogen-bond acceptors (Lipinski definition) is 7. The number of carbonyl (C=O) groups excluding carboxylic acids is 2. The molecule has 10 nitrogen and oxygen atoms in total. The number of ether oxygens (including phenoxy) is 3. The van der Waals surface area contributed by atoms with E-state index in [0.29, 0.717) is 17.2 Å². The van der Waals surface area contributed by atoms with Crippen LogP contribution in [-0.4, -0.2) is 71.3 Å². The molecule has 2 aromatic rings. The lowest BCUT2D eigenvalue weighted by molar-refractivity contribution is -0.139. The number of carbonyl (C=O) groups is 2. The Balaban J connectivity index is 2.43. The number of nitrogens with zero attached hydrogens (tertiary/aromatic N) is 2. The van der Waals surface area contributed by atoms with E-state index in [1.807, 2.05) is 13.8 Å². The molecular formula is C26H37N3O7S. The van der Waals surface area contributed by atoms with Crippen LogP contribution < -0.4 is 23.8 Å². The fraction of sp³-hybridized carbons (Fsp3) is 0.462. The molecule has 0 aromatic heterocycles. The molecule has 204 valence electrons. The van der Waals surface area contributed by atoms with E-state index in [1.165, 1.54) is 31.3 Å². The predicted molar refractivity (Wildman–Crippen MR) is 143 cm³/mol. The molecule has 2 amide bonds. The number of amides is 2. The van der Waals surface area contributed by atoms with Gasteiger partial charge < -0.3 is 24.4 Å². The number of hydrogen-bond donors (Lipinski definition) is 1. The molecule has 0 spiro atoms. The first-order chi connectivity index (χ1) is 17.4.